The molecular formula is CH3Cl3Zr. The minimum absolute atomic E-state index is 0. The SMILES string of the molecule is [CH3][Zr+3].[Cl-].[Cl-].[Cl-]. The maximum Gasteiger partial charge on any atom is -1.00 e. The van der Waals surface area contributed by atoms with E-state index in [9.17, 15) is 0 Å². The Morgan fingerprint density at radius 3 is 0.800 bits per heavy atom. The molecule has 0 spiro atoms. The molecule has 32 valence electrons. The van der Waals surface area contributed by atoms with E-state index < -0.39 is 0 Å². The predicted octanol–water partition coefficient (Wildman–Crippen LogP) is -8.41. The van der Waals surface area contributed by atoms with Gasteiger partial charge in [0.05, 0.1) is 0 Å². The van der Waals surface area contributed by atoms with E-state index in [0.29, 0.717) is 0 Å². The van der Waals surface area contributed by atoms with Crippen molar-refractivity contribution >= 4 is 0 Å². The van der Waals surface area contributed by atoms with E-state index in [4.69, 9.17) is 0 Å². The van der Waals surface area contributed by atoms with Crippen molar-refractivity contribution < 1.29 is 61.9 Å². The van der Waals surface area contributed by atoms with E-state index in [0.717, 1.165) is 0 Å². The molecule has 0 amide bonds. The van der Waals surface area contributed by atoms with Crippen molar-refractivity contribution in [1.82, 2.24) is 0 Å². The number of halogens is 3. The molecule has 0 fully saturated rings. The Bertz CT molecular complexity index is 6.85. The van der Waals surface area contributed by atoms with Crippen molar-refractivity contribution in [2.24, 2.45) is 0 Å². The second-order valence-corrected chi connectivity index (χ2v) is 0. The molecule has 0 aromatic rings. The van der Waals surface area contributed by atoms with Gasteiger partial charge in [-0.3, -0.25) is 0 Å². The Kier molecular flexibility index (Phi) is 249. The zero-order chi connectivity index (χ0) is 2.00. The molecule has 0 unspecified atom stereocenters. The maximum atomic E-state index is 2.09. The molecule has 0 aliphatic rings. The van der Waals surface area contributed by atoms with Crippen molar-refractivity contribution in [3.05, 3.63) is 0 Å². The van der Waals surface area contributed by atoms with Gasteiger partial charge in [-0.2, -0.15) is 0 Å². The normalized spacial score (nSPS) is 1.40. The summed E-state index contributed by atoms with van der Waals surface area (Å²) in [6, 6.07) is 0. The zero-order valence-electron chi connectivity index (χ0n) is 2.63. The maximum absolute atomic E-state index is 2.09. The fourth-order valence-corrected chi connectivity index (χ4v) is 0. The largest absolute Gasteiger partial charge is 1.00 e. The summed E-state index contributed by atoms with van der Waals surface area (Å²) in [7, 11) is 0. The van der Waals surface area contributed by atoms with Crippen LogP contribution in [0.1, 0.15) is 0 Å². The van der Waals surface area contributed by atoms with E-state index in [-0.39, 0.29) is 37.2 Å². The molecule has 0 atom stereocenters. The van der Waals surface area contributed by atoms with Crippen LogP contribution in [-0.4, -0.2) is 0 Å². The molecule has 0 bridgehead atoms. The van der Waals surface area contributed by atoms with Gasteiger partial charge in [-0.25, -0.2) is 0 Å². The smallest absolute Gasteiger partial charge is 1.00 e. The second kappa shape index (κ2) is 42.3. The number of hydrogen-bond donors (Lipinski definition) is 0. The first-order valence-electron chi connectivity index (χ1n) is 0.500. The average Bonchev–Trinajstić information content (AvgIpc) is 1.00. The molecule has 5 heavy (non-hydrogen) atoms. The van der Waals surface area contributed by atoms with Gasteiger partial charge in [0.25, 0.3) is 0 Å². The Labute approximate surface area is 66.2 Å². The number of hydrogen-bond acceptors (Lipinski definition) is 0. The third-order valence-corrected chi connectivity index (χ3v) is 0. The van der Waals surface area contributed by atoms with Crippen LogP contribution in [0.25, 0.3) is 0 Å². The van der Waals surface area contributed by atoms with Gasteiger partial charge in [0.1, 0.15) is 0 Å². The van der Waals surface area contributed by atoms with E-state index in [2.05, 4.69) is 4.63 Å². The van der Waals surface area contributed by atoms with Gasteiger partial charge >= 0.3 is 29.4 Å². The molecule has 0 aliphatic heterocycles. The first kappa shape index (κ1) is 29.5. The van der Waals surface area contributed by atoms with Gasteiger partial charge in [0.2, 0.25) is 0 Å². The summed E-state index contributed by atoms with van der Waals surface area (Å²) >= 11 is 1.55. The number of rotatable bonds is 0. The predicted molar refractivity (Wildman–Crippen MR) is 5.86 cm³/mol. The van der Waals surface area contributed by atoms with Gasteiger partial charge in [-0.15, -0.1) is 0 Å². The fraction of sp³-hybridized carbons (Fsp3) is 1.00. The van der Waals surface area contributed by atoms with Crippen LogP contribution < -0.4 is 37.2 Å². The third-order valence-electron chi connectivity index (χ3n) is 0. The van der Waals surface area contributed by atoms with Crippen LogP contribution in [0.5, 0.6) is 0 Å². The van der Waals surface area contributed by atoms with Crippen LogP contribution in [0.15, 0.2) is 0 Å². The Morgan fingerprint density at radius 2 is 0.800 bits per heavy atom. The topological polar surface area (TPSA) is 0 Å². The van der Waals surface area contributed by atoms with Crippen molar-refractivity contribution in [3.63, 3.8) is 0 Å². The summed E-state index contributed by atoms with van der Waals surface area (Å²) in [6.07, 6.45) is 0. The van der Waals surface area contributed by atoms with Gasteiger partial charge in [0, 0.05) is 0 Å². The van der Waals surface area contributed by atoms with Crippen LogP contribution in [0.4, 0.5) is 0 Å². The standard InChI is InChI=1S/CH3.3ClH.Zr/h1H3;3*1H;/q;;;;+3/p-3. The van der Waals surface area contributed by atoms with Crippen molar-refractivity contribution in [3.8, 4) is 0 Å². The molecule has 0 radical (unpaired) electrons. The van der Waals surface area contributed by atoms with Crippen LogP contribution in [0.2, 0.25) is 4.63 Å². The van der Waals surface area contributed by atoms with Gasteiger partial charge in [0.15, 0.2) is 0 Å². The van der Waals surface area contributed by atoms with E-state index in [1.165, 1.54) is 0 Å². The molecule has 0 heterocycles. The Morgan fingerprint density at radius 1 is 0.800 bits per heavy atom. The average molecular weight is 213 g/mol. The molecule has 0 saturated carbocycles. The molecule has 4 heteroatoms. The summed E-state index contributed by atoms with van der Waals surface area (Å²) in [5.74, 6) is 0. The summed E-state index contributed by atoms with van der Waals surface area (Å²) in [5, 5.41) is 0. The first-order valence-corrected chi connectivity index (χ1v) is 2.96. The van der Waals surface area contributed by atoms with Crippen molar-refractivity contribution in [1.29, 1.82) is 0 Å². The minimum atomic E-state index is 0. The molecule has 0 N–H and O–H groups in total. The molecule has 0 aliphatic carbocycles. The molecule has 0 nitrogen and oxygen atoms in total. The molecule has 0 rings (SSSR count). The Balaban J connectivity index is -0.00000000167. The summed E-state index contributed by atoms with van der Waals surface area (Å²) in [6.45, 7) is 0. The summed E-state index contributed by atoms with van der Waals surface area (Å²) < 4.78 is 2.09. The molecule has 0 aromatic heterocycles. The van der Waals surface area contributed by atoms with E-state index in [1.54, 1.807) is 24.7 Å². The minimum Gasteiger partial charge on any atom is -1.00 e. The van der Waals surface area contributed by atoms with Crippen LogP contribution >= 0.6 is 0 Å². The third kappa shape index (κ3) is 26.4. The van der Waals surface area contributed by atoms with Crippen LogP contribution in [0.3, 0.4) is 0 Å². The van der Waals surface area contributed by atoms with Crippen molar-refractivity contribution in [2.45, 2.75) is 4.63 Å². The molecular weight excluding hydrogens is 210 g/mol. The van der Waals surface area contributed by atoms with Crippen LogP contribution in [-0.2, 0) is 24.7 Å². The van der Waals surface area contributed by atoms with Crippen molar-refractivity contribution in [2.75, 3.05) is 0 Å². The van der Waals surface area contributed by atoms with Crippen LogP contribution in [0, 0.1) is 0 Å². The first-order chi connectivity index (χ1) is 1.00. The van der Waals surface area contributed by atoms with E-state index >= 15 is 0 Å². The monoisotopic (exact) mass is 210 g/mol. The zero-order valence-corrected chi connectivity index (χ0v) is 7.36. The van der Waals surface area contributed by atoms with E-state index in [1.807, 2.05) is 0 Å². The Hall–Kier alpha value is 1.75. The second-order valence-electron chi connectivity index (χ2n) is 0. The molecule has 0 saturated heterocycles. The van der Waals surface area contributed by atoms with Gasteiger partial charge < -0.3 is 37.2 Å². The molecule has 0 aromatic carbocycles. The van der Waals surface area contributed by atoms with Gasteiger partial charge in [-0.1, -0.05) is 0 Å². The fourth-order valence-electron chi connectivity index (χ4n) is 0. The quantitative estimate of drug-likeness (QED) is 0.374. The summed E-state index contributed by atoms with van der Waals surface area (Å²) in [4.78, 5) is 0. The summed E-state index contributed by atoms with van der Waals surface area (Å²) in [5.41, 5.74) is 0. The van der Waals surface area contributed by atoms with Gasteiger partial charge in [-0.05, 0) is 0 Å².